The molecule has 1 aromatic heterocycles. The molecule has 0 bridgehead atoms. The normalized spacial score (nSPS) is 17.8. The first-order chi connectivity index (χ1) is 14.0. The summed E-state index contributed by atoms with van der Waals surface area (Å²) in [7, 11) is 0. The van der Waals surface area contributed by atoms with Gasteiger partial charge in [0.2, 0.25) is 5.91 Å². The van der Waals surface area contributed by atoms with E-state index in [4.69, 9.17) is 0 Å². The number of piperazine rings is 1. The van der Waals surface area contributed by atoms with Crippen molar-refractivity contribution < 1.29 is 9.72 Å². The van der Waals surface area contributed by atoms with Crippen molar-refractivity contribution in [1.29, 1.82) is 0 Å². The third-order valence-electron chi connectivity index (χ3n) is 5.77. The summed E-state index contributed by atoms with van der Waals surface area (Å²) in [6.45, 7) is 4.55. The van der Waals surface area contributed by atoms with Gasteiger partial charge in [0.1, 0.15) is 5.82 Å². The Morgan fingerprint density at radius 1 is 1.14 bits per heavy atom. The lowest BCUT2D eigenvalue weighted by Gasteiger charge is -2.36. The van der Waals surface area contributed by atoms with Gasteiger partial charge in [0.15, 0.2) is 5.82 Å². The Bertz CT molecular complexity index is 909. The fourth-order valence-electron chi connectivity index (χ4n) is 4.18. The van der Waals surface area contributed by atoms with Crippen LogP contribution in [0.15, 0.2) is 30.3 Å². The molecule has 8 nitrogen and oxygen atoms in total. The highest BCUT2D eigenvalue weighted by atomic mass is 16.6. The number of non-ortho nitro benzene ring substituents is 1. The minimum atomic E-state index is -0.428. The first-order valence-corrected chi connectivity index (χ1v) is 10.1. The van der Waals surface area contributed by atoms with E-state index in [2.05, 4.69) is 9.97 Å². The van der Waals surface area contributed by atoms with Gasteiger partial charge in [0, 0.05) is 49.1 Å². The summed E-state index contributed by atoms with van der Waals surface area (Å²) < 4.78 is 0. The van der Waals surface area contributed by atoms with Crippen LogP contribution in [0.25, 0.3) is 11.4 Å². The Kier molecular flexibility index (Phi) is 5.42. The first kappa shape index (κ1) is 19.3. The highest BCUT2D eigenvalue weighted by molar-refractivity contribution is 5.82. The van der Waals surface area contributed by atoms with Crippen LogP contribution in [0.3, 0.4) is 0 Å². The fourth-order valence-corrected chi connectivity index (χ4v) is 4.18. The van der Waals surface area contributed by atoms with Gasteiger partial charge in [-0.1, -0.05) is 12.8 Å². The van der Waals surface area contributed by atoms with Crippen LogP contribution in [0.1, 0.15) is 31.4 Å². The zero-order valence-corrected chi connectivity index (χ0v) is 16.6. The second-order valence-electron chi connectivity index (χ2n) is 7.91. The maximum absolute atomic E-state index is 12.7. The summed E-state index contributed by atoms with van der Waals surface area (Å²) in [6, 6.07) is 8.09. The van der Waals surface area contributed by atoms with Gasteiger partial charge in [-0.15, -0.1) is 0 Å². The van der Waals surface area contributed by atoms with E-state index in [0.717, 1.165) is 24.6 Å². The van der Waals surface area contributed by atoms with Gasteiger partial charge in [-0.2, -0.15) is 0 Å². The molecule has 1 saturated heterocycles. The molecular weight excluding hydrogens is 370 g/mol. The zero-order chi connectivity index (χ0) is 20.4. The Labute approximate surface area is 169 Å². The molecule has 1 saturated carbocycles. The van der Waals surface area contributed by atoms with Gasteiger partial charge in [-0.05, 0) is 37.8 Å². The number of aryl methyl sites for hydroxylation is 1. The van der Waals surface area contributed by atoms with Crippen LogP contribution in [0.2, 0.25) is 0 Å². The van der Waals surface area contributed by atoms with E-state index in [1.807, 2.05) is 22.8 Å². The Morgan fingerprint density at radius 3 is 2.52 bits per heavy atom. The Morgan fingerprint density at radius 2 is 1.86 bits per heavy atom. The molecule has 0 atom stereocenters. The average molecular weight is 395 g/mol. The van der Waals surface area contributed by atoms with Crippen molar-refractivity contribution >= 4 is 17.4 Å². The Balaban J connectivity index is 1.49. The minimum Gasteiger partial charge on any atom is -0.345 e. The number of anilines is 1. The molecule has 8 heteroatoms. The second-order valence-corrected chi connectivity index (χ2v) is 7.91. The average Bonchev–Trinajstić information content (AvgIpc) is 3.22. The van der Waals surface area contributed by atoms with Crippen molar-refractivity contribution in [2.45, 2.75) is 32.6 Å². The monoisotopic (exact) mass is 395 g/mol. The standard InChI is InChI=1S/C21H25N5O3/c1-15-12-19(23-21(22-15)17-6-8-18(9-7-17)26(28)29)24-10-11-25(20(27)14-24)13-16-4-2-3-5-16/h6-9,12,16H,2-5,10-11,13-14H2,1H3. The number of rotatable bonds is 5. The van der Waals surface area contributed by atoms with Gasteiger partial charge in [0.05, 0.1) is 11.5 Å². The van der Waals surface area contributed by atoms with E-state index in [0.29, 0.717) is 30.4 Å². The number of carbonyl (C=O) groups is 1. The lowest BCUT2D eigenvalue weighted by Crippen LogP contribution is -2.51. The van der Waals surface area contributed by atoms with Crippen molar-refractivity contribution in [2.24, 2.45) is 5.92 Å². The van der Waals surface area contributed by atoms with E-state index in [1.54, 1.807) is 12.1 Å². The lowest BCUT2D eigenvalue weighted by atomic mass is 10.1. The molecule has 0 radical (unpaired) electrons. The molecule has 2 heterocycles. The predicted molar refractivity (Wildman–Crippen MR) is 110 cm³/mol. The molecule has 1 aliphatic carbocycles. The molecule has 1 aliphatic heterocycles. The largest absolute Gasteiger partial charge is 0.345 e. The number of nitro benzene ring substituents is 1. The van der Waals surface area contributed by atoms with Crippen molar-refractivity contribution in [2.75, 3.05) is 31.1 Å². The first-order valence-electron chi connectivity index (χ1n) is 10.1. The van der Waals surface area contributed by atoms with Crippen LogP contribution >= 0.6 is 0 Å². The molecule has 0 spiro atoms. The van der Waals surface area contributed by atoms with Crippen LogP contribution in [0, 0.1) is 23.0 Å². The van der Waals surface area contributed by atoms with Crippen LogP contribution < -0.4 is 4.90 Å². The van der Waals surface area contributed by atoms with Crippen LogP contribution in [0.5, 0.6) is 0 Å². The van der Waals surface area contributed by atoms with E-state index < -0.39 is 4.92 Å². The molecule has 2 aliphatic rings. The maximum Gasteiger partial charge on any atom is 0.269 e. The highest BCUT2D eigenvalue weighted by Gasteiger charge is 2.28. The zero-order valence-electron chi connectivity index (χ0n) is 16.6. The molecule has 2 aromatic rings. The van der Waals surface area contributed by atoms with Crippen LogP contribution in [0.4, 0.5) is 11.5 Å². The lowest BCUT2D eigenvalue weighted by molar-refractivity contribution is -0.384. The van der Waals surface area contributed by atoms with Crippen molar-refractivity contribution in [3.8, 4) is 11.4 Å². The number of hydrogen-bond donors (Lipinski definition) is 0. The molecule has 152 valence electrons. The Hall–Kier alpha value is -3.03. The maximum atomic E-state index is 12.7. The van der Waals surface area contributed by atoms with E-state index in [-0.39, 0.29) is 11.6 Å². The van der Waals surface area contributed by atoms with Gasteiger partial charge >= 0.3 is 0 Å². The molecule has 29 heavy (non-hydrogen) atoms. The van der Waals surface area contributed by atoms with Gasteiger partial charge in [-0.25, -0.2) is 9.97 Å². The number of carbonyl (C=O) groups excluding carboxylic acids is 1. The summed E-state index contributed by atoms with van der Waals surface area (Å²) in [5.41, 5.74) is 1.54. The fraction of sp³-hybridized carbons (Fsp3) is 0.476. The molecule has 1 aromatic carbocycles. The quantitative estimate of drug-likeness (QED) is 0.570. The number of benzene rings is 1. The van der Waals surface area contributed by atoms with Crippen molar-refractivity contribution in [3.05, 3.63) is 46.1 Å². The van der Waals surface area contributed by atoms with E-state index >= 15 is 0 Å². The summed E-state index contributed by atoms with van der Waals surface area (Å²) in [6.07, 6.45) is 5.03. The molecule has 1 amide bonds. The van der Waals surface area contributed by atoms with Gasteiger partial charge in [0.25, 0.3) is 5.69 Å². The predicted octanol–water partition coefficient (Wildman–Crippen LogP) is 3.20. The molecule has 4 rings (SSSR count). The third-order valence-corrected chi connectivity index (χ3v) is 5.77. The number of nitro groups is 1. The van der Waals surface area contributed by atoms with Gasteiger partial charge in [-0.3, -0.25) is 14.9 Å². The summed E-state index contributed by atoms with van der Waals surface area (Å²) in [4.78, 5) is 36.2. The van der Waals surface area contributed by atoms with Crippen molar-refractivity contribution in [3.63, 3.8) is 0 Å². The van der Waals surface area contributed by atoms with E-state index in [9.17, 15) is 14.9 Å². The number of hydrogen-bond acceptors (Lipinski definition) is 6. The topological polar surface area (TPSA) is 92.5 Å². The van der Waals surface area contributed by atoms with Crippen LogP contribution in [-0.4, -0.2) is 51.9 Å². The van der Waals surface area contributed by atoms with E-state index in [1.165, 1.54) is 37.8 Å². The van der Waals surface area contributed by atoms with Crippen molar-refractivity contribution in [1.82, 2.24) is 14.9 Å². The molecule has 0 N–H and O–H groups in total. The third kappa shape index (κ3) is 4.36. The minimum absolute atomic E-state index is 0.0330. The molecule has 2 fully saturated rings. The highest BCUT2D eigenvalue weighted by Crippen LogP contribution is 2.27. The molecule has 0 unspecified atom stereocenters. The number of aromatic nitrogens is 2. The second kappa shape index (κ2) is 8.14. The summed E-state index contributed by atoms with van der Waals surface area (Å²) in [5.74, 6) is 2.03. The number of nitrogens with zero attached hydrogens (tertiary/aromatic N) is 5. The van der Waals surface area contributed by atoms with Gasteiger partial charge < -0.3 is 9.80 Å². The summed E-state index contributed by atoms with van der Waals surface area (Å²) in [5, 5.41) is 10.9. The SMILES string of the molecule is Cc1cc(N2CCN(CC3CCCC3)C(=O)C2)nc(-c2ccc([N+](=O)[O-])cc2)n1. The number of amides is 1. The smallest absolute Gasteiger partial charge is 0.269 e. The summed E-state index contributed by atoms with van der Waals surface area (Å²) >= 11 is 0. The molecular formula is C21H25N5O3. The van der Waals surface area contributed by atoms with Crippen LogP contribution in [-0.2, 0) is 4.79 Å².